The summed E-state index contributed by atoms with van der Waals surface area (Å²) in [5.74, 6) is -2.94. The first-order valence-corrected chi connectivity index (χ1v) is 6.85. The second-order valence-electron chi connectivity index (χ2n) is 4.25. The fourth-order valence-corrected chi connectivity index (χ4v) is 1.73. The molecular weight excluding hydrogens is 306 g/mol. The number of ketones is 1. The number of esters is 1. The molecule has 0 amide bonds. The van der Waals surface area contributed by atoms with E-state index in [1.54, 1.807) is 13.8 Å². The minimum atomic E-state index is -1.31. The summed E-state index contributed by atoms with van der Waals surface area (Å²) in [7, 11) is 1.27. The molecule has 0 fully saturated rings. The largest absolute Gasteiger partial charge is 0.480 e. The summed E-state index contributed by atoms with van der Waals surface area (Å²) < 4.78 is 9.79. The number of hydrogen-bond donors (Lipinski definition) is 0. The van der Waals surface area contributed by atoms with Gasteiger partial charge in [-0.3, -0.25) is 24.7 Å². The summed E-state index contributed by atoms with van der Waals surface area (Å²) in [5.41, 5.74) is -0.563. The third kappa shape index (κ3) is 4.56. The molecule has 0 saturated heterocycles. The highest BCUT2D eigenvalue weighted by Gasteiger charge is 2.31. The van der Waals surface area contributed by atoms with Gasteiger partial charge in [-0.25, -0.2) is 4.98 Å². The summed E-state index contributed by atoms with van der Waals surface area (Å²) in [6.07, 6.45) is 2.13. The zero-order valence-electron chi connectivity index (χ0n) is 13.0. The van der Waals surface area contributed by atoms with Gasteiger partial charge in [0.2, 0.25) is 5.88 Å². The van der Waals surface area contributed by atoms with Crippen LogP contribution in [0.5, 0.6) is 5.88 Å². The number of aromatic nitrogens is 1. The lowest BCUT2D eigenvalue weighted by molar-refractivity contribution is -0.385. The Balaban J connectivity index is 3.30. The van der Waals surface area contributed by atoms with Gasteiger partial charge in [-0.2, -0.15) is 0 Å². The third-order valence-corrected chi connectivity index (χ3v) is 2.77. The number of methoxy groups -OCH3 is 1. The molecular formula is C14H17N3O6. The molecule has 9 heteroatoms. The SMILES string of the molecule is CCN=CC(C(=O)OCC)C(=O)c1cc([N+](=O)[O-])cnc1OC. The van der Waals surface area contributed by atoms with Gasteiger partial charge in [-0.1, -0.05) is 0 Å². The number of carbonyl (C=O) groups is 2. The number of nitrogens with zero attached hydrogens (tertiary/aromatic N) is 3. The first-order chi connectivity index (χ1) is 11.0. The van der Waals surface area contributed by atoms with Gasteiger partial charge in [0.05, 0.1) is 24.2 Å². The van der Waals surface area contributed by atoms with Gasteiger partial charge in [0.15, 0.2) is 11.7 Å². The van der Waals surface area contributed by atoms with Crippen molar-refractivity contribution < 1.29 is 24.0 Å². The van der Waals surface area contributed by atoms with Crippen LogP contribution in [0.2, 0.25) is 0 Å². The van der Waals surface area contributed by atoms with E-state index in [0.717, 1.165) is 12.3 Å². The Morgan fingerprint density at radius 1 is 1.48 bits per heavy atom. The van der Waals surface area contributed by atoms with Gasteiger partial charge in [0.1, 0.15) is 6.20 Å². The Hall–Kier alpha value is -2.84. The monoisotopic (exact) mass is 323 g/mol. The Morgan fingerprint density at radius 2 is 2.17 bits per heavy atom. The van der Waals surface area contributed by atoms with Gasteiger partial charge < -0.3 is 9.47 Å². The third-order valence-electron chi connectivity index (χ3n) is 2.77. The molecule has 0 N–H and O–H groups in total. The van der Waals surface area contributed by atoms with E-state index in [4.69, 9.17) is 9.47 Å². The van der Waals surface area contributed by atoms with E-state index in [9.17, 15) is 19.7 Å². The normalized spacial score (nSPS) is 12.0. The van der Waals surface area contributed by atoms with Crippen LogP contribution in [0.25, 0.3) is 0 Å². The van der Waals surface area contributed by atoms with Crippen molar-refractivity contribution >= 4 is 23.7 Å². The summed E-state index contributed by atoms with van der Waals surface area (Å²) in [4.78, 5) is 42.3. The lowest BCUT2D eigenvalue weighted by atomic mass is 9.99. The average Bonchev–Trinajstić information content (AvgIpc) is 2.54. The number of aliphatic imine (C=N–C) groups is 1. The van der Waals surface area contributed by atoms with Crippen molar-refractivity contribution in [3.63, 3.8) is 0 Å². The molecule has 0 saturated carbocycles. The van der Waals surface area contributed by atoms with Gasteiger partial charge in [-0.15, -0.1) is 0 Å². The molecule has 1 aromatic heterocycles. The summed E-state index contributed by atoms with van der Waals surface area (Å²) in [6, 6.07) is 1.01. The zero-order valence-corrected chi connectivity index (χ0v) is 13.0. The van der Waals surface area contributed by atoms with Crippen molar-refractivity contribution in [3.05, 3.63) is 27.9 Å². The molecule has 0 bridgehead atoms. The lowest BCUT2D eigenvalue weighted by Gasteiger charge is -2.12. The smallest absolute Gasteiger partial charge is 0.322 e. The van der Waals surface area contributed by atoms with Gasteiger partial charge in [-0.05, 0) is 13.8 Å². The molecule has 1 atom stereocenters. The van der Waals surface area contributed by atoms with E-state index < -0.39 is 22.6 Å². The maximum absolute atomic E-state index is 12.6. The van der Waals surface area contributed by atoms with Crippen molar-refractivity contribution in [1.29, 1.82) is 0 Å². The van der Waals surface area contributed by atoms with Gasteiger partial charge in [0, 0.05) is 18.8 Å². The van der Waals surface area contributed by atoms with Crippen molar-refractivity contribution in [3.8, 4) is 5.88 Å². The molecule has 23 heavy (non-hydrogen) atoms. The van der Waals surface area contributed by atoms with E-state index in [0.29, 0.717) is 6.54 Å². The summed E-state index contributed by atoms with van der Waals surface area (Å²) in [6.45, 7) is 3.80. The van der Waals surface area contributed by atoms with Crippen molar-refractivity contribution in [2.24, 2.45) is 10.9 Å². The van der Waals surface area contributed by atoms with Crippen LogP contribution < -0.4 is 4.74 Å². The predicted octanol–water partition coefficient (Wildman–Crippen LogP) is 1.45. The van der Waals surface area contributed by atoms with Gasteiger partial charge in [0.25, 0.3) is 5.69 Å². The van der Waals surface area contributed by atoms with Crippen LogP contribution in [0.3, 0.4) is 0 Å². The molecule has 0 aromatic carbocycles. The quantitative estimate of drug-likeness (QED) is 0.177. The van der Waals surface area contributed by atoms with Crippen LogP contribution >= 0.6 is 0 Å². The van der Waals surface area contributed by atoms with Crippen molar-refractivity contribution in [1.82, 2.24) is 4.98 Å². The molecule has 1 heterocycles. The van der Waals surface area contributed by atoms with Crippen LogP contribution in [-0.4, -0.2) is 48.1 Å². The first kappa shape index (κ1) is 18.2. The minimum absolute atomic E-state index is 0.0902. The fourth-order valence-electron chi connectivity index (χ4n) is 1.73. The predicted molar refractivity (Wildman–Crippen MR) is 80.9 cm³/mol. The van der Waals surface area contributed by atoms with E-state index in [-0.39, 0.29) is 23.7 Å². The molecule has 124 valence electrons. The van der Waals surface area contributed by atoms with E-state index in [2.05, 4.69) is 9.98 Å². The van der Waals surface area contributed by atoms with Crippen LogP contribution in [0.1, 0.15) is 24.2 Å². The second-order valence-corrected chi connectivity index (χ2v) is 4.25. The Kier molecular flexibility index (Phi) is 6.78. The molecule has 9 nitrogen and oxygen atoms in total. The molecule has 0 aliphatic rings. The van der Waals surface area contributed by atoms with Crippen molar-refractivity contribution in [2.75, 3.05) is 20.3 Å². The number of Topliss-reactive ketones (excluding diaryl/α,β-unsaturated/α-hetero) is 1. The number of pyridine rings is 1. The highest BCUT2D eigenvalue weighted by molar-refractivity contribution is 6.19. The maximum Gasteiger partial charge on any atom is 0.322 e. The second kappa shape index (κ2) is 8.57. The average molecular weight is 323 g/mol. The molecule has 0 aliphatic carbocycles. The van der Waals surface area contributed by atoms with Gasteiger partial charge >= 0.3 is 5.97 Å². The molecule has 1 aromatic rings. The molecule has 1 rings (SSSR count). The Morgan fingerprint density at radius 3 is 2.70 bits per heavy atom. The first-order valence-electron chi connectivity index (χ1n) is 6.85. The Labute approximate surface area is 132 Å². The van der Waals surface area contributed by atoms with E-state index in [1.165, 1.54) is 13.3 Å². The number of carbonyl (C=O) groups excluding carboxylic acids is 2. The lowest BCUT2D eigenvalue weighted by Crippen LogP contribution is -2.28. The molecule has 0 aliphatic heterocycles. The van der Waals surface area contributed by atoms with Crippen molar-refractivity contribution in [2.45, 2.75) is 13.8 Å². The molecule has 1 unspecified atom stereocenters. The van der Waals surface area contributed by atoms with Crippen LogP contribution in [-0.2, 0) is 9.53 Å². The zero-order chi connectivity index (χ0) is 17.4. The Bertz CT molecular complexity index is 629. The van der Waals surface area contributed by atoms with Crippen LogP contribution in [0.4, 0.5) is 5.69 Å². The summed E-state index contributed by atoms with van der Waals surface area (Å²) >= 11 is 0. The minimum Gasteiger partial charge on any atom is -0.480 e. The highest BCUT2D eigenvalue weighted by Crippen LogP contribution is 2.24. The fraction of sp³-hybridized carbons (Fsp3) is 0.429. The van der Waals surface area contributed by atoms with E-state index >= 15 is 0 Å². The highest BCUT2D eigenvalue weighted by atomic mass is 16.6. The molecule has 0 spiro atoms. The van der Waals surface area contributed by atoms with Crippen LogP contribution in [0, 0.1) is 16.0 Å². The van der Waals surface area contributed by atoms with Crippen LogP contribution in [0.15, 0.2) is 17.3 Å². The van der Waals surface area contributed by atoms with E-state index in [1.807, 2.05) is 0 Å². The summed E-state index contributed by atoms with van der Waals surface area (Å²) in [5, 5.41) is 10.8. The number of ether oxygens (including phenoxy) is 2. The standard InChI is InChI=1S/C14H17N3O6/c1-4-15-8-11(14(19)23-5-2)12(18)10-6-9(17(20)21)7-16-13(10)22-3/h6-8,11H,4-5H2,1-3H3. The topological polar surface area (TPSA) is 121 Å². The number of hydrogen-bond acceptors (Lipinski definition) is 8. The maximum atomic E-state index is 12.6. The molecule has 0 radical (unpaired) electrons. The number of rotatable bonds is 8. The number of nitro groups is 1.